The number of hydrogen-bond donors (Lipinski definition) is 0. The number of nitrogens with zero attached hydrogens (tertiary/aromatic N) is 1. The van der Waals surface area contributed by atoms with E-state index in [9.17, 15) is 23.3 Å². The van der Waals surface area contributed by atoms with Crippen LogP contribution in [-0.4, -0.2) is 24.5 Å². The molecule has 2 aliphatic rings. The van der Waals surface area contributed by atoms with Crippen LogP contribution in [0.5, 0.6) is 23.0 Å². The summed E-state index contributed by atoms with van der Waals surface area (Å²) in [6.45, 7) is -1.92. The van der Waals surface area contributed by atoms with Crippen molar-refractivity contribution in [3.05, 3.63) is 218 Å². The molecule has 3 heterocycles. The Bertz CT molecular complexity index is 4930. The summed E-state index contributed by atoms with van der Waals surface area (Å²) < 4.78 is 346. The van der Waals surface area contributed by atoms with Crippen molar-refractivity contribution in [1.29, 1.82) is 0 Å². The van der Waals surface area contributed by atoms with Crippen LogP contribution in [0.4, 0.5) is 0 Å². The van der Waals surface area contributed by atoms with Gasteiger partial charge < -0.3 is 0 Å². The molecule has 0 unspecified atom stereocenters. The number of benzene rings is 9. The van der Waals surface area contributed by atoms with Crippen molar-refractivity contribution in [3.63, 3.8) is 0 Å². The minimum atomic E-state index is -7.82. The van der Waals surface area contributed by atoms with Gasteiger partial charge in [0.05, 0.1) is 0 Å². The van der Waals surface area contributed by atoms with E-state index in [1.165, 1.54) is 0 Å². The van der Waals surface area contributed by atoms with Crippen molar-refractivity contribution in [3.8, 4) is 39.8 Å². The van der Waals surface area contributed by atoms with Gasteiger partial charge in [-0.15, -0.1) is 0 Å². The summed E-state index contributed by atoms with van der Waals surface area (Å²) in [6, 6.07) is -42.9. The summed E-state index contributed by atoms with van der Waals surface area (Å²) in [4.78, 5) is 0. The Kier molecular flexibility index (Phi) is 3.17. The van der Waals surface area contributed by atoms with E-state index in [0.717, 1.165) is 0 Å². The van der Waals surface area contributed by atoms with Gasteiger partial charge in [-0.05, 0) is 0 Å². The number of ether oxygens (including phenoxy) is 2. The monoisotopic (exact) mass is 851 g/mol. The average Bonchev–Trinajstić information content (AvgIpc) is 1.39. The molecule has 3 nitrogen and oxygen atoms in total. The number of rotatable bonds is 6. The number of aromatic nitrogens is 1. The molecule has 0 aliphatic carbocycles. The zero-order valence-corrected chi connectivity index (χ0v) is 31.4. The molecule has 12 rings (SSSR count). The fourth-order valence-corrected chi connectivity index (χ4v) is 15.0. The third kappa shape index (κ3) is 5.16. The summed E-state index contributed by atoms with van der Waals surface area (Å²) >= 11 is -7.82. The first-order valence-corrected chi connectivity index (χ1v) is 21.5. The molecule has 2 aliphatic heterocycles. The molecule has 0 radical (unpaired) electrons. The summed E-state index contributed by atoms with van der Waals surface area (Å²) in [5, 5.41) is -1.47. The van der Waals surface area contributed by atoms with E-state index < -0.39 is 333 Å². The van der Waals surface area contributed by atoms with Crippen LogP contribution in [0.3, 0.4) is 0 Å². The quantitative estimate of drug-likeness (QED) is 0.157. The summed E-state index contributed by atoms with van der Waals surface area (Å²) in [7, 11) is 0. The molecule has 10 aromatic rings. The fraction of sp³-hybridized carbons (Fsp3) is 0. The van der Waals surface area contributed by atoms with Gasteiger partial charge in [-0.3, -0.25) is 0 Å². The molecule has 0 bridgehead atoms. The molecular weight excluding hydrogens is 778 g/mol. The second-order valence-corrected chi connectivity index (χ2v) is 20.2. The van der Waals surface area contributed by atoms with Crippen molar-refractivity contribution in [2.45, 2.75) is 0 Å². The molecule has 59 heavy (non-hydrogen) atoms. The van der Waals surface area contributed by atoms with Crippen molar-refractivity contribution in [1.82, 2.24) is 4.57 Å². The first-order chi connectivity index (χ1) is 44.2. The Balaban J connectivity index is 1.46. The predicted octanol–water partition coefficient (Wildman–Crippen LogP) is 8.56. The van der Waals surface area contributed by atoms with E-state index in [4.69, 9.17) is 35.5 Å². The maximum absolute atomic E-state index is 11.1. The van der Waals surface area contributed by atoms with E-state index in [2.05, 4.69) is 0 Å². The topological polar surface area (TPSA) is 23.4 Å². The third-order valence-electron chi connectivity index (χ3n) is 9.90. The molecule has 1 aromatic heterocycles. The Labute approximate surface area is 396 Å². The van der Waals surface area contributed by atoms with Gasteiger partial charge in [-0.25, -0.2) is 0 Å². The average molecular weight is 851 g/mol. The Morgan fingerprint density at radius 2 is 0.847 bits per heavy atom. The number of hydrogen-bond acceptors (Lipinski definition) is 2. The molecule has 276 valence electrons. The van der Waals surface area contributed by atoms with Gasteiger partial charge in [-0.2, -0.15) is 0 Å². The Hall–Kier alpha value is -7.01. The zero-order chi connectivity index (χ0) is 70.2. The van der Waals surface area contributed by atoms with Crippen LogP contribution >= 0.6 is 0 Å². The fourth-order valence-electron chi connectivity index (χ4n) is 7.51. The molecule has 0 fully saturated rings. The minimum absolute atomic E-state index is 0.538. The van der Waals surface area contributed by atoms with Gasteiger partial charge >= 0.3 is 396 Å². The molecule has 0 N–H and O–H groups in total. The first kappa shape index (κ1) is 13.8. The van der Waals surface area contributed by atoms with Gasteiger partial charge in [-0.1, -0.05) is 0 Å². The van der Waals surface area contributed by atoms with Crippen LogP contribution in [0, 0.1) is 0 Å². The Morgan fingerprint density at radius 3 is 1.36 bits per heavy atom. The molecule has 0 saturated carbocycles. The SMILES string of the molecule is [2H]c1c([2H])c([2H])[c]([Ge]([c]2c([2H])c([2H])c([2H])c([2H])c2[2H])([c]2c([2H])c([2H])c([2H])c([2H])c2[2H])[c]2c([2H])c([2H])c(-n3c4c([2H])c([2H])c([2H])c([2H])c4c4c([2H])c([2H])c([2H])c([2H])c43)c(-c3c([2H])c4c5c(c3[2H])Oc3c([2H])c([2H])c([2H])c([2H])c3B5c3c([2H])c([2H])c([2H])c([2H])c3O4)c2[2H])c([2H])c1[2H]. The molecule has 0 saturated heterocycles. The molecule has 9 aromatic carbocycles. The van der Waals surface area contributed by atoms with Crippen LogP contribution < -0.4 is 43.4 Å². The van der Waals surface area contributed by atoms with Crippen molar-refractivity contribution < 1.29 is 58.8 Å². The summed E-state index contributed by atoms with van der Waals surface area (Å²) in [5.41, 5.74) is -7.19. The van der Waals surface area contributed by atoms with Gasteiger partial charge in [0, 0.05) is 0 Å². The van der Waals surface area contributed by atoms with Crippen LogP contribution in [0.2, 0.25) is 0 Å². The molecule has 0 atom stereocenters. The van der Waals surface area contributed by atoms with Gasteiger partial charge in [0.25, 0.3) is 0 Å². The summed E-state index contributed by atoms with van der Waals surface area (Å²) in [5.74, 6) is -3.53. The molecule has 0 amide bonds. The van der Waals surface area contributed by atoms with Gasteiger partial charge in [0.2, 0.25) is 0 Å². The van der Waals surface area contributed by atoms with Crippen molar-refractivity contribution in [2.75, 3.05) is 0 Å². The normalized spacial score (nSPS) is 21.2. The van der Waals surface area contributed by atoms with Crippen LogP contribution in [0.15, 0.2) is 218 Å². The second-order valence-electron chi connectivity index (χ2n) is 12.8. The molecule has 0 spiro atoms. The van der Waals surface area contributed by atoms with Gasteiger partial charge in [0.15, 0.2) is 0 Å². The zero-order valence-electron chi connectivity index (χ0n) is 65.3. The van der Waals surface area contributed by atoms with Crippen LogP contribution in [0.25, 0.3) is 38.6 Å². The van der Waals surface area contributed by atoms with Crippen molar-refractivity contribution in [2.24, 2.45) is 0 Å². The van der Waals surface area contributed by atoms with E-state index >= 15 is 0 Å². The van der Waals surface area contributed by atoms with E-state index in [1.54, 1.807) is 0 Å². The van der Waals surface area contributed by atoms with E-state index in [0.29, 0.717) is 4.57 Å². The van der Waals surface area contributed by atoms with Crippen LogP contribution in [0.1, 0.15) is 49.3 Å². The summed E-state index contributed by atoms with van der Waals surface area (Å²) in [6.07, 6.45) is 0. The molecule has 5 heteroatoms. The number of para-hydroxylation sites is 4. The first-order valence-electron chi connectivity index (χ1n) is 35.4. The van der Waals surface area contributed by atoms with E-state index in [-0.39, 0.29) is 0 Å². The predicted molar refractivity (Wildman–Crippen MR) is 248 cm³/mol. The second kappa shape index (κ2) is 13.5. The maximum atomic E-state index is 11.1. The van der Waals surface area contributed by atoms with Crippen LogP contribution in [-0.2, 0) is 0 Å². The van der Waals surface area contributed by atoms with Gasteiger partial charge in [0.1, 0.15) is 0 Å². The third-order valence-corrected chi connectivity index (χ3v) is 18.3. The van der Waals surface area contributed by atoms with E-state index in [1.807, 2.05) is 0 Å². The standard InChI is InChI=1S/C54H36BGeNO2/c1-4-18-38(19-5-1)56(39-20-6-2-7-21-39,40-22-8-3-9-23-40)41-32-33-49(57-47-28-14-10-24-42(47)43-25-11-15-29-48(43)57)44(36-41)37-34-52-54-53(35-37)59-51-31-17-13-27-46(51)55(54)45-26-12-16-30-50(45)58-52/h1-36H/i1D,2D,3D,4D,5D,6D,7D,8D,9D,10D,11D,12D,13D,14D,15D,16D,17D,18D,19D,20D,21D,22D,23D,24D,25D,26D,27D,28D,29D,30D,31D,32D,33D,34D,35D,36D. The Morgan fingerprint density at radius 1 is 0.407 bits per heavy atom. The molecular formula is C54H36BGeNO2. The number of fused-ring (bicyclic) bond motifs is 7. The van der Waals surface area contributed by atoms with Crippen molar-refractivity contribution >= 4 is 75.8 Å².